The zero-order valence-electron chi connectivity index (χ0n) is 11.9. The zero-order valence-corrected chi connectivity index (χ0v) is 12.7. The standard InChI is InChI=1S/C17H20ClNO/c1-3-10-19-12-14-4-9-17(13(2)11-14)20-16-7-5-15(18)6-8-16/h4-9,11,19H,3,10,12H2,1-2H3. The third-order valence-electron chi connectivity index (χ3n) is 3.04. The lowest BCUT2D eigenvalue weighted by Gasteiger charge is -2.11. The Labute approximate surface area is 125 Å². The summed E-state index contributed by atoms with van der Waals surface area (Å²) >= 11 is 5.86. The van der Waals surface area contributed by atoms with Crippen LogP contribution in [0.15, 0.2) is 42.5 Å². The fourth-order valence-electron chi connectivity index (χ4n) is 1.98. The van der Waals surface area contributed by atoms with Crippen molar-refractivity contribution in [1.29, 1.82) is 0 Å². The Hall–Kier alpha value is -1.51. The molecule has 0 saturated heterocycles. The van der Waals surface area contributed by atoms with Gasteiger partial charge in [-0.3, -0.25) is 0 Å². The van der Waals surface area contributed by atoms with Crippen LogP contribution >= 0.6 is 11.6 Å². The monoisotopic (exact) mass is 289 g/mol. The third kappa shape index (κ3) is 4.26. The fraction of sp³-hybridized carbons (Fsp3) is 0.294. The molecule has 0 aromatic heterocycles. The number of rotatable bonds is 6. The van der Waals surface area contributed by atoms with Crippen molar-refractivity contribution in [3.63, 3.8) is 0 Å². The molecule has 106 valence electrons. The number of ether oxygens (including phenoxy) is 1. The molecule has 2 aromatic rings. The van der Waals surface area contributed by atoms with Gasteiger partial charge in [0.2, 0.25) is 0 Å². The smallest absolute Gasteiger partial charge is 0.130 e. The topological polar surface area (TPSA) is 21.3 Å². The Morgan fingerprint density at radius 1 is 1.10 bits per heavy atom. The maximum Gasteiger partial charge on any atom is 0.130 e. The van der Waals surface area contributed by atoms with Gasteiger partial charge in [-0.1, -0.05) is 30.7 Å². The number of hydrogen-bond acceptors (Lipinski definition) is 2. The molecule has 2 aromatic carbocycles. The average molecular weight is 290 g/mol. The third-order valence-corrected chi connectivity index (χ3v) is 3.29. The molecule has 0 aliphatic heterocycles. The van der Waals surface area contributed by atoms with Gasteiger partial charge in [0, 0.05) is 11.6 Å². The van der Waals surface area contributed by atoms with Crippen LogP contribution in [-0.4, -0.2) is 6.54 Å². The molecule has 0 heterocycles. The van der Waals surface area contributed by atoms with E-state index in [4.69, 9.17) is 16.3 Å². The summed E-state index contributed by atoms with van der Waals surface area (Å²) in [7, 11) is 0. The van der Waals surface area contributed by atoms with Crippen molar-refractivity contribution < 1.29 is 4.74 Å². The Morgan fingerprint density at radius 2 is 1.85 bits per heavy atom. The molecule has 0 spiro atoms. The normalized spacial score (nSPS) is 10.6. The Morgan fingerprint density at radius 3 is 2.50 bits per heavy atom. The van der Waals surface area contributed by atoms with E-state index < -0.39 is 0 Å². The summed E-state index contributed by atoms with van der Waals surface area (Å²) in [6, 6.07) is 13.7. The van der Waals surface area contributed by atoms with Crippen molar-refractivity contribution in [3.05, 3.63) is 58.6 Å². The van der Waals surface area contributed by atoms with E-state index in [1.165, 1.54) is 5.56 Å². The molecule has 3 heteroatoms. The number of hydrogen-bond donors (Lipinski definition) is 1. The van der Waals surface area contributed by atoms with Gasteiger partial charge in [0.25, 0.3) is 0 Å². The van der Waals surface area contributed by atoms with E-state index in [9.17, 15) is 0 Å². The number of benzene rings is 2. The molecular formula is C17H20ClNO. The average Bonchev–Trinajstić information content (AvgIpc) is 2.44. The molecule has 20 heavy (non-hydrogen) atoms. The highest BCUT2D eigenvalue weighted by Gasteiger charge is 2.03. The van der Waals surface area contributed by atoms with E-state index in [1.807, 2.05) is 30.3 Å². The zero-order chi connectivity index (χ0) is 14.4. The maximum atomic E-state index is 5.87. The van der Waals surface area contributed by atoms with Crippen LogP contribution in [0.1, 0.15) is 24.5 Å². The second-order valence-corrected chi connectivity index (χ2v) is 5.27. The Balaban J connectivity index is 2.03. The largest absolute Gasteiger partial charge is 0.457 e. The van der Waals surface area contributed by atoms with Gasteiger partial charge in [0.1, 0.15) is 11.5 Å². The predicted molar refractivity (Wildman–Crippen MR) is 84.7 cm³/mol. The fourth-order valence-corrected chi connectivity index (χ4v) is 2.10. The van der Waals surface area contributed by atoms with Crippen LogP contribution in [0.25, 0.3) is 0 Å². The van der Waals surface area contributed by atoms with Crippen LogP contribution in [0.5, 0.6) is 11.5 Å². The van der Waals surface area contributed by atoms with Gasteiger partial charge < -0.3 is 10.1 Å². The highest BCUT2D eigenvalue weighted by Crippen LogP contribution is 2.26. The molecule has 0 amide bonds. The molecule has 0 bridgehead atoms. The van der Waals surface area contributed by atoms with Gasteiger partial charge in [-0.2, -0.15) is 0 Å². The second-order valence-electron chi connectivity index (χ2n) is 4.83. The first-order chi connectivity index (χ1) is 9.69. The van der Waals surface area contributed by atoms with E-state index in [-0.39, 0.29) is 0 Å². The molecule has 2 rings (SSSR count). The Kier molecular flexibility index (Phi) is 5.45. The number of halogens is 1. The molecule has 2 nitrogen and oxygen atoms in total. The van der Waals surface area contributed by atoms with Crippen molar-refractivity contribution >= 4 is 11.6 Å². The first kappa shape index (κ1) is 14.9. The summed E-state index contributed by atoms with van der Waals surface area (Å²) in [5.74, 6) is 1.68. The minimum atomic E-state index is 0.714. The highest BCUT2D eigenvalue weighted by atomic mass is 35.5. The van der Waals surface area contributed by atoms with E-state index in [0.29, 0.717) is 5.02 Å². The van der Waals surface area contributed by atoms with Crippen molar-refractivity contribution in [2.45, 2.75) is 26.8 Å². The predicted octanol–water partition coefficient (Wildman–Crippen LogP) is 4.94. The Bertz CT molecular complexity index is 551. The lowest BCUT2D eigenvalue weighted by Crippen LogP contribution is -2.13. The first-order valence-corrected chi connectivity index (χ1v) is 7.30. The molecular weight excluding hydrogens is 270 g/mol. The quantitative estimate of drug-likeness (QED) is 0.761. The molecule has 0 aliphatic rings. The molecule has 0 unspecified atom stereocenters. The van der Waals surface area contributed by atoms with Crippen LogP contribution in [0.4, 0.5) is 0 Å². The minimum Gasteiger partial charge on any atom is -0.457 e. The van der Waals surface area contributed by atoms with Crippen LogP contribution in [0.2, 0.25) is 5.02 Å². The summed E-state index contributed by atoms with van der Waals surface area (Å²) in [5.41, 5.74) is 2.41. The van der Waals surface area contributed by atoms with E-state index >= 15 is 0 Å². The molecule has 0 atom stereocenters. The van der Waals surface area contributed by atoms with Crippen molar-refractivity contribution in [2.75, 3.05) is 6.54 Å². The van der Waals surface area contributed by atoms with Gasteiger partial charge in [0.05, 0.1) is 0 Å². The lowest BCUT2D eigenvalue weighted by atomic mass is 10.1. The summed E-state index contributed by atoms with van der Waals surface area (Å²) in [6.45, 7) is 6.17. The molecule has 1 N–H and O–H groups in total. The SMILES string of the molecule is CCCNCc1ccc(Oc2ccc(Cl)cc2)c(C)c1. The van der Waals surface area contributed by atoms with Crippen LogP contribution in [0.3, 0.4) is 0 Å². The number of aryl methyl sites for hydroxylation is 1. The summed E-state index contributed by atoms with van der Waals surface area (Å²) in [4.78, 5) is 0. The van der Waals surface area contributed by atoms with Gasteiger partial charge >= 0.3 is 0 Å². The first-order valence-electron chi connectivity index (χ1n) is 6.92. The maximum absolute atomic E-state index is 5.87. The summed E-state index contributed by atoms with van der Waals surface area (Å²) < 4.78 is 5.87. The van der Waals surface area contributed by atoms with Crippen LogP contribution in [-0.2, 0) is 6.54 Å². The highest BCUT2D eigenvalue weighted by molar-refractivity contribution is 6.30. The minimum absolute atomic E-state index is 0.714. The van der Waals surface area contributed by atoms with Crippen LogP contribution < -0.4 is 10.1 Å². The van der Waals surface area contributed by atoms with Crippen molar-refractivity contribution in [1.82, 2.24) is 5.32 Å². The number of nitrogens with one attached hydrogen (secondary N) is 1. The van der Waals surface area contributed by atoms with Crippen molar-refractivity contribution in [2.24, 2.45) is 0 Å². The summed E-state index contributed by atoms with van der Waals surface area (Å²) in [5, 5.41) is 4.11. The van der Waals surface area contributed by atoms with Crippen molar-refractivity contribution in [3.8, 4) is 11.5 Å². The van der Waals surface area contributed by atoms with E-state index in [1.54, 1.807) is 0 Å². The molecule has 0 aliphatic carbocycles. The molecule has 0 fully saturated rings. The molecule has 0 radical (unpaired) electrons. The van der Waals surface area contributed by atoms with E-state index in [2.05, 4.69) is 31.3 Å². The van der Waals surface area contributed by atoms with Gasteiger partial charge in [-0.05, 0) is 61.3 Å². The van der Waals surface area contributed by atoms with Gasteiger partial charge in [-0.15, -0.1) is 0 Å². The van der Waals surface area contributed by atoms with Gasteiger partial charge in [0.15, 0.2) is 0 Å². The summed E-state index contributed by atoms with van der Waals surface area (Å²) in [6.07, 6.45) is 1.15. The van der Waals surface area contributed by atoms with Crippen LogP contribution in [0, 0.1) is 6.92 Å². The van der Waals surface area contributed by atoms with E-state index in [0.717, 1.165) is 36.6 Å². The lowest BCUT2D eigenvalue weighted by molar-refractivity contribution is 0.478. The van der Waals surface area contributed by atoms with Gasteiger partial charge in [-0.25, -0.2) is 0 Å². The molecule has 0 saturated carbocycles. The second kappa shape index (κ2) is 7.32.